The number of benzene rings is 1. The topological polar surface area (TPSA) is 69.6 Å². The minimum atomic E-state index is -1.11. The second-order valence-electron chi connectivity index (χ2n) is 5.96. The van der Waals surface area contributed by atoms with E-state index in [1.807, 2.05) is 20.8 Å². The Labute approximate surface area is 141 Å². The highest BCUT2D eigenvalue weighted by Gasteiger charge is 2.21. The van der Waals surface area contributed by atoms with Crippen molar-refractivity contribution in [3.63, 3.8) is 0 Å². The third kappa shape index (κ3) is 5.32. The summed E-state index contributed by atoms with van der Waals surface area (Å²) in [4.78, 5) is 25.0. The summed E-state index contributed by atoms with van der Waals surface area (Å²) in [5.74, 6) is -1.11. The summed E-state index contributed by atoms with van der Waals surface area (Å²) in [6.07, 6.45) is 0. The van der Waals surface area contributed by atoms with Gasteiger partial charge in [0.25, 0.3) is 0 Å². The molecule has 0 heterocycles. The van der Waals surface area contributed by atoms with Crippen molar-refractivity contribution in [2.45, 2.75) is 20.8 Å². The van der Waals surface area contributed by atoms with Crippen molar-refractivity contribution in [1.29, 1.82) is 0 Å². The van der Waals surface area contributed by atoms with E-state index in [2.05, 4.69) is 37.2 Å². The van der Waals surface area contributed by atoms with Crippen LogP contribution in [0.2, 0.25) is 0 Å². The summed E-state index contributed by atoms with van der Waals surface area (Å²) in [5.41, 5.74) is 0.226. The molecule has 0 bridgehead atoms. The predicted molar refractivity (Wildman–Crippen MR) is 89.9 cm³/mol. The van der Waals surface area contributed by atoms with Crippen molar-refractivity contribution in [2.24, 2.45) is 5.41 Å². The molecule has 0 radical (unpaired) electrons. The highest BCUT2D eigenvalue weighted by molar-refractivity contribution is 9.11. The molecule has 5 nitrogen and oxygen atoms in total. The van der Waals surface area contributed by atoms with Crippen LogP contribution >= 0.6 is 31.9 Å². The Hall–Kier alpha value is -1.08. The largest absolute Gasteiger partial charge is 0.478 e. The maximum Gasteiger partial charge on any atom is 0.337 e. The van der Waals surface area contributed by atoms with E-state index < -0.39 is 5.97 Å². The van der Waals surface area contributed by atoms with Gasteiger partial charge in [-0.1, -0.05) is 36.7 Å². The van der Waals surface area contributed by atoms with Gasteiger partial charge in [-0.2, -0.15) is 0 Å². The average molecular weight is 422 g/mol. The lowest BCUT2D eigenvalue weighted by Crippen LogP contribution is -2.37. The predicted octanol–water partition coefficient (Wildman–Crippen LogP) is 4.42. The van der Waals surface area contributed by atoms with E-state index in [1.165, 1.54) is 11.0 Å². The zero-order chi connectivity index (χ0) is 16.4. The molecule has 7 heteroatoms. The van der Waals surface area contributed by atoms with Crippen molar-refractivity contribution >= 4 is 49.5 Å². The van der Waals surface area contributed by atoms with E-state index in [-0.39, 0.29) is 22.7 Å². The monoisotopic (exact) mass is 420 g/mol. The molecule has 21 heavy (non-hydrogen) atoms. The molecule has 1 rings (SSSR count). The number of carboxylic acid groups (broad SMARTS) is 1. The van der Waals surface area contributed by atoms with Gasteiger partial charge in [-0.05, 0) is 33.5 Å². The smallest absolute Gasteiger partial charge is 0.337 e. The molecule has 0 aliphatic heterocycles. The van der Waals surface area contributed by atoms with E-state index in [0.29, 0.717) is 15.5 Å². The lowest BCUT2D eigenvalue weighted by atomic mass is 9.96. The zero-order valence-corrected chi connectivity index (χ0v) is 15.5. The van der Waals surface area contributed by atoms with Crippen LogP contribution in [0.15, 0.2) is 21.1 Å². The van der Waals surface area contributed by atoms with Crippen molar-refractivity contribution in [1.82, 2.24) is 4.90 Å². The number of rotatable bonds is 3. The van der Waals surface area contributed by atoms with Gasteiger partial charge in [0.15, 0.2) is 0 Å². The number of amides is 2. The van der Waals surface area contributed by atoms with Crippen molar-refractivity contribution < 1.29 is 14.7 Å². The van der Waals surface area contributed by atoms with E-state index in [1.54, 1.807) is 13.1 Å². The normalized spacial score (nSPS) is 11.1. The number of carbonyl (C=O) groups excluding carboxylic acids is 1. The van der Waals surface area contributed by atoms with Crippen LogP contribution in [0.25, 0.3) is 0 Å². The highest BCUT2D eigenvalue weighted by atomic mass is 79.9. The number of anilines is 1. The summed E-state index contributed by atoms with van der Waals surface area (Å²) in [5, 5.41) is 11.9. The molecule has 2 amide bonds. The van der Waals surface area contributed by atoms with E-state index in [0.717, 1.165) is 0 Å². The maximum atomic E-state index is 12.2. The first kappa shape index (κ1) is 18.0. The molecule has 0 unspecified atom stereocenters. The minimum absolute atomic E-state index is 0.0220. The molecule has 0 aromatic heterocycles. The minimum Gasteiger partial charge on any atom is -0.478 e. The van der Waals surface area contributed by atoms with E-state index in [9.17, 15) is 14.7 Å². The Morgan fingerprint density at radius 1 is 1.29 bits per heavy atom. The second-order valence-corrected chi connectivity index (χ2v) is 7.73. The van der Waals surface area contributed by atoms with Crippen LogP contribution in [0.3, 0.4) is 0 Å². The molecular formula is C14H18Br2N2O3. The number of nitrogens with one attached hydrogen (secondary N) is 1. The molecule has 2 N–H and O–H groups in total. The number of urea groups is 1. The van der Waals surface area contributed by atoms with Crippen molar-refractivity contribution in [2.75, 3.05) is 18.9 Å². The first-order valence-electron chi connectivity index (χ1n) is 6.26. The first-order chi connectivity index (χ1) is 9.51. The van der Waals surface area contributed by atoms with Gasteiger partial charge in [0.05, 0.1) is 11.3 Å². The van der Waals surface area contributed by atoms with Gasteiger partial charge in [-0.3, -0.25) is 0 Å². The van der Waals surface area contributed by atoms with Crippen LogP contribution in [-0.2, 0) is 0 Å². The average Bonchev–Trinajstić information content (AvgIpc) is 2.29. The Morgan fingerprint density at radius 2 is 1.86 bits per heavy atom. The van der Waals surface area contributed by atoms with Gasteiger partial charge >= 0.3 is 12.0 Å². The summed E-state index contributed by atoms with van der Waals surface area (Å²) in [7, 11) is 1.67. The molecule has 0 aliphatic carbocycles. The number of carbonyl (C=O) groups is 2. The first-order valence-corrected chi connectivity index (χ1v) is 7.84. The van der Waals surface area contributed by atoms with Gasteiger partial charge in [-0.25, -0.2) is 9.59 Å². The number of hydrogen-bond donors (Lipinski definition) is 2. The summed E-state index contributed by atoms with van der Waals surface area (Å²) < 4.78 is 1.12. The Balaban J connectivity index is 3.02. The van der Waals surface area contributed by atoms with E-state index >= 15 is 0 Å². The van der Waals surface area contributed by atoms with Crippen LogP contribution < -0.4 is 5.32 Å². The number of halogens is 2. The zero-order valence-electron chi connectivity index (χ0n) is 12.3. The summed E-state index contributed by atoms with van der Waals surface area (Å²) >= 11 is 6.51. The molecule has 0 atom stereocenters. The maximum absolute atomic E-state index is 12.2. The molecule has 0 saturated heterocycles. The van der Waals surface area contributed by atoms with Crippen molar-refractivity contribution in [3.05, 3.63) is 26.6 Å². The second kappa shape index (κ2) is 6.79. The van der Waals surface area contributed by atoms with Crippen LogP contribution in [-0.4, -0.2) is 35.6 Å². The van der Waals surface area contributed by atoms with Gasteiger partial charge in [-0.15, -0.1) is 0 Å². The number of nitrogens with zero attached hydrogens (tertiary/aromatic N) is 1. The molecule has 0 spiro atoms. The number of hydrogen-bond acceptors (Lipinski definition) is 2. The summed E-state index contributed by atoms with van der Waals surface area (Å²) in [6, 6.07) is 2.79. The molecule has 1 aromatic carbocycles. The SMILES string of the molecule is CN(CC(C)(C)C)C(=O)Nc1c(Br)cc(Br)cc1C(=O)O. The van der Waals surface area contributed by atoms with Gasteiger partial charge in [0, 0.05) is 22.5 Å². The molecule has 0 fully saturated rings. The third-order valence-electron chi connectivity index (χ3n) is 2.58. The lowest BCUT2D eigenvalue weighted by molar-refractivity contribution is 0.0698. The quantitative estimate of drug-likeness (QED) is 0.758. The fourth-order valence-corrected chi connectivity index (χ4v) is 3.18. The van der Waals surface area contributed by atoms with Crippen LogP contribution in [0.1, 0.15) is 31.1 Å². The van der Waals surface area contributed by atoms with E-state index in [4.69, 9.17) is 0 Å². The Kier molecular flexibility index (Phi) is 5.81. The molecule has 0 aliphatic rings. The summed E-state index contributed by atoms with van der Waals surface area (Å²) in [6.45, 7) is 6.62. The fraction of sp³-hybridized carbons (Fsp3) is 0.429. The Bertz CT molecular complexity index is 568. The molecular weight excluding hydrogens is 404 g/mol. The fourth-order valence-electron chi connectivity index (χ4n) is 1.85. The van der Waals surface area contributed by atoms with Gasteiger partial charge < -0.3 is 15.3 Å². The molecule has 1 aromatic rings. The number of carboxylic acids is 1. The van der Waals surface area contributed by atoms with Crippen LogP contribution in [0, 0.1) is 5.41 Å². The highest BCUT2D eigenvalue weighted by Crippen LogP contribution is 2.31. The van der Waals surface area contributed by atoms with Crippen molar-refractivity contribution in [3.8, 4) is 0 Å². The third-order valence-corrected chi connectivity index (χ3v) is 3.66. The lowest BCUT2D eigenvalue weighted by Gasteiger charge is -2.27. The van der Waals surface area contributed by atoms with Gasteiger partial charge in [0.2, 0.25) is 0 Å². The number of aromatic carboxylic acids is 1. The van der Waals surface area contributed by atoms with Crippen LogP contribution in [0.5, 0.6) is 0 Å². The standard InChI is InChI=1S/C14H18Br2N2O3/c1-14(2,3)7-18(4)13(21)17-11-9(12(19)20)5-8(15)6-10(11)16/h5-6H,7H2,1-4H3,(H,17,21)(H,19,20). The van der Waals surface area contributed by atoms with Gasteiger partial charge in [0.1, 0.15) is 0 Å². The molecule has 116 valence electrons. The van der Waals surface area contributed by atoms with Crippen LogP contribution in [0.4, 0.5) is 10.5 Å². The molecule has 0 saturated carbocycles. The Morgan fingerprint density at radius 3 is 2.33 bits per heavy atom.